The number of fused-ring (bicyclic) bond motifs is 1. The second-order valence-corrected chi connectivity index (χ2v) is 5.49. The van der Waals surface area contributed by atoms with Crippen LogP contribution in [0.2, 0.25) is 0 Å². The zero-order chi connectivity index (χ0) is 13.2. The van der Waals surface area contributed by atoms with Crippen LogP contribution in [0.4, 0.5) is 5.69 Å². The molecule has 2 N–H and O–H groups in total. The number of benzene rings is 1. The highest BCUT2D eigenvalue weighted by Gasteiger charge is 2.20. The minimum Gasteiger partial charge on any atom is -0.439 e. The molecule has 1 aliphatic heterocycles. The van der Waals surface area contributed by atoms with Crippen molar-refractivity contribution in [2.45, 2.75) is 32.7 Å². The predicted octanol–water partition coefficient (Wildman–Crippen LogP) is 3.03. The summed E-state index contributed by atoms with van der Waals surface area (Å²) in [5, 5.41) is 0. The fourth-order valence-electron chi connectivity index (χ4n) is 2.88. The van der Waals surface area contributed by atoms with Gasteiger partial charge in [-0.2, -0.15) is 0 Å². The highest BCUT2D eigenvalue weighted by Crippen LogP contribution is 2.23. The Kier molecular flexibility index (Phi) is 3.42. The Morgan fingerprint density at radius 3 is 3.21 bits per heavy atom. The van der Waals surface area contributed by atoms with Crippen molar-refractivity contribution in [3.8, 4) is 0 Å². The van der Waals surface area contributed by atoms with Crippen molar-refractivity contribution in [3.05, 3.63) is 24.1 Å². The molecule has 0 amide bonds. The van der Waals surface area contributed by atoms with Gasteiger partial charge >= 0.3 is 0 Å². The molecular weight excluding hydrogens is 238 g/mol. The van der Waals surface area contributed by atoms with E-state index in [0.29, 0.717) is 0 Å². The van der Waals surface area contributed by atoms with Gasteiger partial charge in [0, 0.05) is 12.2 Å². The second kappa shape index (κ2) is 5.21. The molecule has 1 unspecified atom stereocenters. The number of nitrogens with zero attached hydrogens (tertiary/aromatic N) is 2. The van der Waals surface area contributed by atoms with E-state index in [9.17, 15) is 0 Å². The van der Waals surface area contributed by atoms with Crippen molar-refractivity contribution in [3.63, 3.8) is 0 Å². The number of piperidine rings is 1. The minimum absolute atomic E-state index is 0.733. The number of nitrogen functional groups attached to an aromatic ring is 1. The van der Waals surface area contributed by atoms with Gasteiger partial charge in [0.15, 0.2) is 5.58 Å². The fourth-order valence-corrected chi connectivity index (χ4v) is 2.88. The van der Waals surface area contributed by atoms with E-state index in [1.54, 1.807) is 0 Å². The Morgan fingerprint density at radius 1 is 1.47 bits per heavy atom. The number of oxazole rings is 1. The van der Waals surface area contributed by atoms with Crippen LogP contribution in [0.15, 0.2) is 22.6 Å². The lowest BCUT2D eigenvalue weighted by Gasteiger charge is -2.31. The maximum absolute atomic E-state index is 5.79. The molecule has 1 aromatic carbocycles. The molecule has 0 radical (unpaired) electrons. The van der Waals surface area contributed by atoms with Gasteiger partial charge in [0.2, 0.25) is 5.89 Å². The van der Waals surface area contributed by atoms with Gasteiger partial charge in [-0.25, -0.2) is 4.98 Å². The Bertz CT molecular complexity index is 564. The number of nitrogens with two attached hydrogens (primary N) is 1. The third-order valence-electron chi connectivity index (χ3n) is 4.00. The van der Waals surface area contributed by atoms with E-state index in [1.165, 1.54) is 19.3 Å². The number of rotatable bonds is 3. The van der Waals surface area contributed by atoms with Crippen molar-refractivity contribution >= 4 is 16.8 Å². The van der Waals surface area contributed by atoms with Gasteiger partial charge in [-0.3, -0.25) is 4.90 Å². The number of anilines is 1. The molecule has 0 saturated carbocycles. The molecule has 0 spiro atoms. The molecule has 2 heterocycles. The van der Waals surface area contributed by atoms with Gasteiger partial charge in [-0.1, -0.05) is 13.3 Å². The van der Waals surface area contributed by atoms with Crippen molar-refractivity contribution in [1.29, 1.82) is 0 Å². The van der Waals surface area contributed by atoms with Gasteiger partial charge in [-0.05, 0) is 43.5 Å². The van der Waals surface area contributed by atoms with Crippen LogP contribution in [0.1, 0.15) is 32.1 Å². The van der Waals surface area contributed by atoms with Gasteiger partial charge in [-0.15, -0.1) is 0 Å². The molecule has 4 heteroatoms. The van der Waals surface area contributed by atoms with Crippen molar-refractivity contribution in [2.24, 2.45) is 5.92 Å². The Hall–Kier alpha value is -1.55. The van der Waals surface area contributed by atoms with Crippen LogP contribution in [-0.2, 0) is 6.54 Å². The van der Waals surface area contributed by atoms with Crippen molar-refractivity contribution < 1.29 is 4.42 Å². The van der Waals surface area contributed by atoms with Crippen LogP contribution in [0.5, 0.6) is 0 Å². The van der Waals surface area contributed by atoms with Crippen LogP contribution in [0.3, 0.4) is 0 Å². The van der Waals surface area contributed by atoms with E-state index in [-0.39, 0.29) is 0 Å². The highest BCUT2D eigenvalue weighted by molar-refractivity contribution is 5.76. The summed E-state index contributed by atoms with van der Waals surface area (Å²) in [6, 6.07) is 5.62. The minimum atomic E-state index is 0.733. The maximum atomic E-state index is 5.79. The number of hydrogen-bond donors (Lipinski definition) is 1. The summed E-state index contributed by atoms with van der Waals surface area (Å²) in [7, 11) is 0. The number of likely N-dealkylation sites (tertiary alicyclic amines) is 1. The average Bonchev–Trinajstić information content (AvgIpc) is 2.80. The SMILES string of the molecule is CCC1CCCN(Cc2nc3cc(N)ccc3o2)C1. The first kappa shape index (κ1) is 12.5. The van der Waals surface area contributed by atoms with Crippen LogP contribution in [0.25, 0.3) is 11.1 Å². The summed E-state index contributed by atoms with van der Waals surface area (Å²) in [5.74, 6) is 1.63. The van der Waals surface area contributed by atoms with E-state index in [0.717, 1.165) is 48.2 Å². The number of hydrogen-bond acceptors (Lipinski definition) is 4. The molecule has 0 aliphatic carbocycles. The van der Waals surface area contributed by atoms with Gasteiger partial charge in [0.25, 0.3) is 0 Å². The fraction of sp³-hybridized carbons (Fsp3) is 0.533. The molecule has 1 aromatic heterocycles. The second-order valence-electron chi connectivity index (χ2n) is 5.49. The lowest BCUT2D eigenvalue weighted by Crippen LogP contribution is -2.34. The molecule has 1 atom stereocenters. The largest absolute Gasteiger partial charge is 0.439 e. The molecule has 19 heavy (non-hydrogen) atoms. The third-order valence-corrected chi connectivity index (χ3v) is 4.00. The van der Waals surface area contributed by atoms with E-state index in [1.807, 2.05) is 18.2 Å². The normalized spacial score (nSPS) is 21.0. The number of aromatic nitrogens is 1. The van der Waals surface area contributed by atoms with Crippen LogP contribution >= 0.6 is 0 Å². The lowest BCUT2D eigenvalue weighted by atomic mass is 9.96. The lowest BCUT2D eigenvalue weighted by molar-refractivity contribution is 0.153. The first-order chi connectivity index (χ1) is 9.24. The summed E-state index contributed by atoms with van der Waals surface area (Å²) in [4.78, 5) is 6.98. The van der Waals surface area contributed by atoms with Crippen molar-refractivity contribution in [1.82, 2.24) is 9.88 Å². The van der Waals surface area contributed by atoms with E-state index in [2.05, 4.69) is 16.8 Å². The molecular formula is C15H21N3O. The van der Waals surface area contributed by atoms with E-state index >= 15 is 0 Å². The summed E-state index contributed by atoms with van der Waals surface area (Å²) in [6.45, 7) is 5.40. The van der Waals surface area contributed by atoms with Gasteiger partial charge < -0.3 is 10.2 Å². The maximum Gasteiger partial charge on any atom is 0.209 e. The van der Waals surface area contributed by atoms with Crippen LogP contribution in [-0.4, -0.2) is 23.0 Å². The first-order valence-electron chi connectivity index (χ1n) is 7.12. The smallest absolute Gasteiger partial charge is 0.209 e. The summed E-state index contributed by atoms with van der Waals surface area (Å²) < 4.78 is 5.79. The molecule has 1 fully saturated rings. The topological polar surface area (TPSA) is 55.3 Å². The zero-order valence-electron chi connectivity index (χ0n) is 11.4. The highest BCUT2D eigenvalue weighted by atomic mass is 16.3. The summed E-state index contributed by atoms with van der Waals surface area (Å²) >= 11 is 0. The molecule has 102 valence electrons. The monoisotopic (exact) mass is 259 g/mol. The quantitative estimate of drug-likeness (QED) is 0.861. The van der Waals surface area contributed by atoms with E-state index in [4.69, 9.17) is 10.2 Å². The first-order valence-corrected chi connectivity index (χ1v) is 7.12. The third kappa shape index (κ3) is 2.73. The Labute approximate surface area is 113 Å². The van der Waals surface area contributed by atoms with Crippen LogP contribution in [0, 0.1) is 5.92 Å². The Balaban J connectivity index is 1.74. The Morgan fingerprint density at radius 2 is 2.37 bits per heavy atom. The predicted molar refractivity (Wildman–Crippen MR) is 76.7 cm³/mol. The molecule has 2 aromatic rings. The molecule has 1 aliphatic rings. The van der Waals surface area contributed by atoms with Gasteiger partial charge in [0.1, 0.15) is 5.52 Å². The molecule has 0 bridgehead atoms. The summed E-state index contributed by atoms with van der Waals surface area (Å²) in [6.07, 6.45) is 3.91. The molecule has 4 nitrogen and oxygen atoms in total. The molecule has 3 rings (SSSR count). The van der Waals surface area contributed by atoms with Crippen LogP contribution < -0.4 is 5.73 Å². The zero-order valence-corrected chi connectivity index (χ0v) is 11.4. The molecule has 1 saturated heterocycles. The van der Waals surface area contributed by atoms with Crippen molar-refractivity contribution in [2.75, 3.05) is 18.8 Å². The average molecular weight is 259 g/mol. The van der Waals surface area contributed by atoms with Gasteiger partial charge in [0.05, 0.1) is 6.54 Å². The summed E-state index contributed by atoms with van der Waals surface area (Å²) in [5.41, 5.74) is 8.18. The standard InChI is InChI=1S/C15H21N3O/c1-2-11-4-3-7-18(9-11)10-15-17-13-8-12(16)5-6-14(13)19-15/h5-6,8,11H,2-4,7,9-10,16H2,1H3. The van der Waals surface area contributed by atoms with E-state index < -0.39 is 0 Å².